The summed E-state index contributed by atoms with van der Waals surface area (Å²) in [5, 5.41) is 12.9. The van der Waals surface area contributed by atoms with Crippen LogP contribution in [-0.2, 0) is 23.8 Å². The van der Waals surface area contributed by atoms with E-state index < -0.39 is 29.7 Å². The Kier molecular flexibility index (Phi) is 8.20. The number of hydrogen-bond acceptors (Lipinski definition) is 4. The summed E-state index contributed by atoms with van der Waals surface area (Å²) in [4.78, 5) is 33.5. The summed E-state index contributed by atoms with van der Waals surface area (Å²) >= 11 is 12.2. The van der Waals surface area contributed by atoms with E-state index in [0.717, 1.165) is 12.8 Å². The predicted octanol–water partition coefficient (Wildman–Crippen LogP) is 7.39. The standard InChI is InChI=1S/C30H24Cl2F3N3O3/c31-21-4-1-5-22(32)24(21)28(39)38-23(29(40)41)15-18-10-11-20(26-19(18)3-2-13-36-26)27-25(30(33,34)35)17(12-14-37-27)9-8-16-6-7-16/h1-5,10-14,16,23H,6-9,15H2,(H,38,39)(H,40,41)/t23-/m0/s1. The number of alkyl halides is 3. The maximum absolute atomic E-state index is 14.4. The molecule has 0 bridgehead atoms. The van der Waals surface area contributed by atoms with Crippen molar-refractivity contribution in [2.24, 2.45) is 5.92 Å². The number of carboxylic acids is 1. The molecule has 2 N–H and O–H groups in total. The molecule has 2 heterocycles. The highest BCUT2D eigenvalue weighted by Crippen LogP contribution is 2.42. The highest BCUT2D eigenvalue weighted by molar-refractivity contribution is 6.39. The third kappa shape index (κ3) is 6.31. The number of nitrogens with one attached hydrogen (secondary N) is 1. The van der Waals surface area contributed by atoms with E-state index in [1.165, 1.54) is 36.7 Å². The molecule has 4 aromatic rings. The Labute approximate surface area is 243 Å². The third-order valence-electron chi connectivity index (χ3n) is 7.17. The molecule has 6 nitrogen and oxygen atoms in total. The van der Waals surface area contributed by atoms with Gasteiger partial charge in [0, 0.05) is 29.8 Å². The molecule has 11 heteroatoms. The van der Waals surface area contributed by atoms with Gasteiger partial charge in [0.1, 0.15) is 6.04 Å². The summed E-state index contributed by atoms with van der Waals surface area (Å²) in [6.07, 6.45) is 1.09. The Morgan fingerprint density at radius 1 is 0.976 bits per heavy atom. The summed E-state index contributed by atoms with van der Waals surface area (Å²) in [5.74, 6) is -1.62. The van der Waals surface area contributed by atoms with Crippen molar-refractivity contribution in [1.82, 2.24) is 15.3 Å². The molecule has 0 radical (unpaired) electrons. The lowest BCUT2D eigenvalue weighted by molar-refractivity contribution is -0.139. The van der Waals surface area contributed by atoms with Gasteiger partial charge in [-0.3, -0.25) is 14.8 Å². The van der Waals surface area contributed by atoms with Crippen LogP contribution in [0.2, 0.25) is 10.0 Å². The van der Waals surface area contributed by atoms with Crippen molar-refractivity contribution in [3.8, 4) is 11.3 Å². The maximum Gasteiger partial charge on any atom is 0.418 e. The number of amides is 1. The summed E-state index contributed by atoms with van der Waals surface area (Å²) < 4.78 is 43.2. The average molecular weight is 602 g/mol. The van der Waals surface area contributed by atoms with E-state index in [1.807, 2.05) is 0 Å². The summed E-state index contributed by atoms with van der Waals surface area (Å²) in [6, 6.07) is 10.8. The molecule has 2 aromatic heterocycles. The van der Waals surface area contributed by atoms with Gasteiger partial charge in [-0.15, -0.1) is 0 Å². The molecule has 1 saturated carbocycles. The zero-order valence-electron chi connectivity index (χ0n) is 21.5. The maximum atomic E-state index is 14.4. The van der Waals surface area contributed by atoms with E-state index in [4.69, 9.17) is 23.2 Å². The molecule has 1 atom stereocenters. The Morgan fingerprint density at radius 2 is 1.71 bits per heavy atom. The first kappa shape index (κ1) is 28.8. The topological polar surface area (TPSA) is 92.2 Å². The van der Waals surface area contributed by atoms with Gasteiger partial charge < -0.3 is 10.4 Å². The Bertz CT molecular complexity index is 1620. The van der Waals surface area contributed by atoms with Crippen molar-refractivity contribution >= 4 is 46.0 Å². The van der Waals surface area contributed by atoms with E-state index in [9.17, 15) is 27.9 Å². The highest BCUT2D eigenvalue weighted by atomic mass is 35.5. The van der Waals surface area contributed by atoms with Crippen LogP contribution in [0, 0.1) is 5.92 Å². The van der Waals surface area contributed by atoms with E-state index >= 15 is 0 Å². The Balaban J connectivity index is 1.52. The van der Waals surface area contributed by atoms with Crippen molar-refractivity contribution in [2.75, 3.05) is 0 Å². The van der Waals surface area contributed by atoms with Crippen LogP contribution in [0.4, 0.5) is 13.2 Å². The Morgan fingerprint density at radius 3 is 2.37 bits per heavy atom. The molecule has 5 rings (SSSR count). The highest BCUT2D eigenvalue weighted by Gasteiger charge is 2.38. The van der Waals surface area contributed by atoms with E-state index in [2.05, 4.69) is 15.3 Å². The second-order valence-corrected chi connectivity index (χ2v) is 10.8. The second-order valence-electron chi connectivity index (χ2n) is 10.0. The van der Waals surface area contributed by atoms with Crippen LogP contribution in [0.25, 0.3) is 22.2 Å². The van der Waals surface area contributed by atoms with Crippen molar-refractivity contribution in [3.63, 3.8) is 0 Å². The Hall–Kier alpha value is -3.69. The predicted molar refractivity (Wildman–Crippen MR) is 150 cm³/mol. The van der Waals surface area contributed by atoms with Crippen LogP contribution in [0.3, 0.4) is 0 Å². The van der Waals surface area contributed by atoms with Crippen molar-refractivity contribution in [2.45, 2.75) is 44.3 Å². The molecule has 0 saturated heterocycles. The second kappa shape index (κ2) is 11.7. The molecule has 0 aliphatic heterocycles. The fourth-order valence-corrected chi connectivity index (χ4v) is 5.53. The number of fused-ring (bicyclic) bond motifs is 1. The number of rotatable bonds is 9. The first-order valence-corrected chi connectivity index (χ1v) is 13.7. The molecule has 41 heavy (non-hydrogen) atoms. The summed E-state index contributed by atoms with van der Waals surface area (Å²) in [7, 11) is 0. The third-order valence-corrected chi connectivity index (χ3v) is 7.80. The van der Waals surface area contributed by atoms with Crippen molar-refractivity contribution in [3.05, 3.63) is 93.2 Å². The largest absolute Gasteiger partial charge is 0.480 e. The van der Waals surface area contributed by atoms with Gasteiger partial charge in [-0.25, -0.2) is 4.79 Å². The lowest BCUT2D eigenvalue weighted by Crippen LogP contribution is -2.42. The molecule has 212 valence electrons. The van der Waals surface area contributed by atoms with Gasteiger partial charge in [0.05, 0.1) is 32.4 Å². The number of pyridine rings is 2. The lowest BCUT2D eigenvalue weighted by atomic mass is 9.93. The molecule has 0 unspecified atom stereocenters. The number of aromatic nitrogens is 2. The summed E-state index contributed by atoms with van der Waals surface area (Å²) in [6.45, 7) is 0. The fourth-order valence-electron chi connectivity index (χ4n) is 4.96. The van der Waals surface area contributed by atoms with Gasteiger partial charge >= 0.3 is 12.1 Å². The zero-order valence-corrected chi connectivity index (χ0v) is 23.0. The number of nitrogens with zero attached hydrogens (tertiary/aromatic N) is 2. The number of carbonyl (C=O) groups is 2. The quantitative estimate of drug-likeness (QED) is 0.209. The zero-order chi connectivity index (χ0) is 29.3. The normalized spacial score (nSPS) is 14.2. The minimum absolute atomic E-state index is 0.0590. The van der Waals surface area contributed by atoms with Crippen LogP contribution in [0.15, 0.2) is 60.9 Å². The van der Waals surface area contributed by atoms with Gasteiger partial charge in [0.15, 0.2) is 0 Å². The minimum Gasteiger partial charge on any atom is -0.480 e. The SMILES string of the molecule is O=C(N[C@@H](Cc1ccc(-c2nccc(CCC3CC3)c2C(F)(F)F)c2ncccc12)C(=O)O)c1c(Cl)cccc1Cl. The number of benzene rings is 2. The van der Waals surface area contributed by atoms with Gasteiger partial charge in [-0.1, -0.05) is 60.3 Å². The van der Waals surface area contributed by atoms with Crippen LogP contribution in [0.5, 0.6) is 0 Å². The number of hydrogen-bond donors (Lipinski definition) is 2. The number of carboxylic acid groups (broad SMARTS) is 1. The fraction of sp³-hybridized carbons (Fsp3) is 0.267. The van der Waals surface area contributed by atoms with Gasteiger partial charge in [0.25, 0.3) is 5.91 Å². The van der Waals surface area contributed by atoms with Crippen molar-refractivity contribution in [1.29, 1.82) is 0 Å². The molecule has 1 aliphatic carbocycles. The molecule has 1 fully saturated rings. The molecule has 0 spiro atoms. The van der Waals surface area contributed by atoms with Crippen LogP contribution < -0.4 is 5.32 Å². The van der Waals surface area contributed by atoms with E-state index in [-0.39, 0.29) is 44.4 Å². The van der Waals surface area contributed by atoms with Crippen LogP contribution >= 0.6 is 23.2 Å². The molecule has 1 aliphatic rings. The van der Waals surface area contributed by atoms with Gasteiger partial charge in [-0.05, 0) is 54.2 Å². The summed E-state index contributed by atoms with van der Waals surface area (Å²) in [5.41, 5.74) is 0.0137. The minimum atomic E-state index is -4.64. The number of aryl methyl sites for hydroxylation is 1. The molecular weight excluding hydrogens is 578 g/mol. The molecule has 2 aromatic carbocycles. The van der Waals surface area contributed by atoms with Gasteiger partial charge in [0.2, 0.25) is 0 Å². The molecular formula is C30H24Cl2F3N3O3. The van der Waals surface area contributed by atoms with E-state index in [1.54, 1.807) is 24.3 Å². The molecule has 1 amide bonds. The first-order chi connectivity index (χ1) is 19.5. The number of aliphatic carboxylic acids is 1. The first-order valence-electron chi connectivity index (χ1n) is 12.9. The van der Waals surface area contributed by atoms with Crippen molar-refractivity contribution < 1.29 is 27.9 Å². The smallest absolute Gasteiger partial charge is 0.418 e. The van der Waals surface area contributed by atoms with Gasteiger partial charge in [-0.2, -0.15) is 13.2 Å². The number of halogens is 5. The number of carbonyl (C=O) groups excluding carboxylic acids is 1. The lowest BCUT2D eigenvalue weighted by Gasteiger charge is -2.19. The monoisotopic (exact) mass is 601 g/mol. The van der Waals surface area contributed by atoms with Crippen LogP contribution in [-0.4, -0.2) is 33.0 Å². The average Bonchev–Trinajstić information content (AvgIpc) is 3.75. The van der Waals surface area contributed by atoms with E-state index in [0.29, 0.717) is 29.7 Å². The van der Waals surface area contributed by atoms with Crippen LogP contribution in [0.1, 0.15) is 46.3 Å².